The van der Waals surface area contributed by atoms with Gasteiger partial charge in [-0.05, 0) is 55.5 Å². The molecular formula is C17H18N2O3. The summed E-state index contributed by atoms with van der Waals surface area (Å²) in [5, 5.41) is 5.47. The summed E-state index contributed by atoms with van der Waals surface area (Å²) in [6.07, 6.45) is 0. The maximum Gasteiger partial charge on any atom is 0.255 e. The standard InChI is InChI=1S/C17H18N2O3/c1-3-22-16-10-4-13(5-11-16)17(21)19-15-8-6-14(7-9-15)18-12(2)20/h4-11H,3H2,1-2H3,(H,18,20)(H,19,21). The number of hydrogen-bond donors (Lipinski definition) is 2. The van der Waals surface area contributed by atoms with Crippen LogP contribution in [0.5, 0.6) is 5.75 Å². The van der Waals surface area contributed by atoms with Gasteiger partial charge in [-0.3, -0.25) is 9.59 Å². The summed E-state index contributed by atoms with van der Waals surface area (Å²) in [5.41, 5.74) is 1.90. The molecule has 5 nitrogen and oxygen atoms in total. The molecule has 0 spiro atoms. The van der Waals surface area contributed by atoms with E-state index < -0.39 is 0 Å². The molecule has 0 aliphatic carbocycles. The van der Waals surface area contributed by atoms with Gasteiger partial charge in [0, 0.05) is 23.9 Å². The molecule has 0 aliphatic heterocycles. The van der Waals surface area contributed by atoms with E-state index in [1.54, 1.807) is 48.5 Å². The fourth-order valence-corrected chi connectivity index (χ4v) is 1.91. The van der Waals surface area contributed by atoms with Gasteiger partial charge in [-0.2, -0.15) is 0 Å². The first-order chi connectivity index (χ1) is 10.6. The van der Waals surface area contributed by atoms with E-state index in [0.29, 0.717) is 23.5 Å². The van der Waals surface area contributed by atoms with Gasteiger partial charge in [0.15, 0.2) is 0 Å². The first-order valence-corrected chi connectivity index (χ1v) is 7.00. The SMILES string of the molecule is CCOc1ccc(C(=O)Nc2ccc(NC(C)=O)cc2)cc1. The molecule has 2 amide bonds. The average molecular weight is 298 g/mol. The van der Waals surface area contributed by atoms with Crippen LogP contribution in [0, 0.1) is 0 Å². The van der Waals surface area contributed by atoms with Crippen LogP contribution in [0.1, 0.15) is 24.2 Å². The molecule has 2 N–H and O–H groups in total. The largest absolute Gasteiger partial charge is 0.494 e. The normalized spacial score (nSPS) is 9.91. The Morgan fingerprint density at radius 3 is 1.95 bits per heavy atom. The van der Waals surface area contributed by atoms with Gasteiger partial charge in [0.05, 0.1) is 6.61 Å². The van der Waals surface area contributed by atoms with Crippen LogP contribution in [0.3, 0.4) is 0 Å². The van der Waals surface area contributed by atoms with Crippen molar-refractivity contribution in [3.05, 3.63) is 54.1 Å². The Labute approximate surface area is 129 Å². The maximum atomic E-state index is 12.1. The van der Waals surface area contributed by atoms with Crippen LogP contribution in [0.4, 0.5) is 11.4 Å². The predicted molar refractivity (Wildman–Crippen MR) is 86.3 cm³/mol. The van der Waals surface area contributed by atoms with E-state index in [0.717, 1.165) is 5.75 Å². The first-order valence-electron chi connectivity index (χ1n) is 7.00. The minimum absolute atomic E-state index is 0.133. The summed E-state index contributed by atoms with van der Waals surface area (Å²) in [5.74, 6) is 0.403. The molecule has 114 valence electrons. The van der Waals surface area contributed by atoms with Crippen molar-refractivity contribution < 1.29 is 14.3 Å². The van der Waals surface area contributed by atoms with E-state index in [9.17, 15) is 9.59 Å². The topological polar surface area (TPSA) is 67.4 Å². The van der Waals surface area contributed by atoms with Crippen LogP contribution >= 0.6 is 0 Å². The maximum absolute atomic E-state index is 12.1. The third kappa shape index (κ3) is 4.34. The van der Waals surface area contributed by atoms with Gasteiger partial charge in [-0.1, -0.05) is 0 Å². The molecule has 0 bridgehead atoms. The van der Waals surface area contributed by atoms with E-state index in [1.165, 1.54) is 6.92 Å². The molecule has 2 rings (SSSR count). The van der Waals surface area contributed by atoms with Crippen molar-refractivity contribution in [2.75, 3.05) is 17.2 Å². The summed E-state index contributed by atoms with van der Waals surface area (Å²) in [7, 11) is 0. The Morgan fingerprint density at radius 1 is 0.909 bits per heavy atom. The highest BCUT2D eigenvalue weighted by atomic mass is 16.5. The Balaban J connectivity index is 2.00. The fraction of sp³-hybridized carbons (Fsp3) is 0.176. The molecule has 0 radical (unpaired) electrons. The summed E-state index contributed by atoms with van der Waals surface area (Å²) >= 11 is 0. The number of carbonyl (C=O) groups excluding carboxylic acids is 2. The predicted octanol–water partition coefficient (Wildman–Crippen LogP) is 3.30. The molecular weight excluding hydrogens is 280 g/mol. The first kappa shape index (κ1) is 15.6. The van der Waals surface area contributed by atoms with E-state index in [2.05, 4.69) is 10.6 Å². The molecule has 22 heavy (non-hydrogen) atoms. The highest BCUT2D eigenvalue weighted by molar-refractivity contribution is 6.04. The summed E-state index contributed by atoms with van der Waals surface area (Å²) < 4.78 is 5.34. The quantitative estimate of drug-likeness (QED) is 0.890. The van der Waals surface area contributed by atoms with Gasteiger partial charge in [0.2, 0.25) is 5.91 Å². The second-order valence-electron chi connectivity index (χ2n) is 4.67. The number of anilines is 2. The Morgan fingerprint density at radius 2 is 1.45 bits per heavy atom. The second kappa shape index (κ2) is 7.26. The highest BCUT2D eigenvalue weighted by Crippen LogP contribution is 2.16. The zero-order valence-electron chi connectivity index (χ0n) is 12.6. The Kier molecular flexibility index (Phi) is 5.14. The summed E-state index contributed by atoms with van der Waals surface area (Å²) in [6.45, 7) is 3.94. The number of benzene rings is 2. The van der Waals surface area contributed by atoms with Crippen molar-refractivity contribution in [3.8, 4) is 5.75 Å². The lowest BCUT2D eigenvalue weighted by Gasteiger charge is -2.08. The van der Waals surface area contributed by atoms with Gasteiger partial charge in [0.25, 0.3) is 5.91 Å². The lowest BCUT2D eigenvalue weighted by molar-refractivity contribution is -0.114. The minimum atomic E-state index is -0.199. The van der Waals surface area contributed by atoms with E-state index in [4.69, 9.17) is 4.74 Å². The number of amides is 2. The molecule has 0 fully saturated rings. The second-order valence-corrected chi connectivity index (χ2v) is 4.67. The molecule has 0 saturated carbocycles. The van der Waals surface area contributed by atoms with E-state index in [-0.39, 0.29) is 11.8 Å². The third-order valence-corrected chi connectivity index (χ3v) is 2.89. The van der Waals surface area contributed by atoms with Gasteiger partial charge in [-0.25, -0.2) is 0 Å². The van der Waals surface area contributed by atoms with Crippen molar-refractivity contribution in [1.29, 1.82) is 0 Å². The molecule has 0 saturated heterocycles. The van der Waals surface area contributed by atoms with E-state index >= 15 is 0 Å². The average Bonchev–Trinajstić information content (AvgIpc) is 2.50. The molecule has 2 aromatic rings. The van der Waals surface area contributed by atoms with E-state index in [1.807, 2.05) is 6.92 Å². The monoisotopic (exact) mass is 298 g/mol. The minimum Gasteiger partial charge on any atom is -0.494 e. The third-order valence-electron chi connectivity index (χ3n) is 2.89. The van der Waals surface area contributed by atoms with Crippen LogP contribution < -0.4 is 15.4 Å². The van der Waals surface area contributed by atoms with Crippen LogP contribution in [-0.4, -0.2) is 18.4 Å². The van der Waals surface area contributed by atoms with Crippen molar-refractivity contribution in [2.45, 2.75) is 13.8 Å². The lowest BCUT2D eigenvalue weighted by atomic mass is 10.2. The molecule has 0 aromatic heterocycles. The number of rotatable bonds is 5. The highest BCUT2D eigenvalue weighted by Gasteiger charge is 2.06. The smallest absolute Gasteiger partial charge is 0.255 e. The van der Waals surface area contributed by atoms with Gasteiger partial charge in [0.1, 0.15) is 5.75 Å². The van der Waals surface area contributed by atoms with Crippen LogP contribution in [0.25, 0.3) is 0 Å². The van der Waals surface area contributed by atoms with Crippen LogP contribution in [0.2, 0.25) is 0 Å². The van der Waals surface area contributed by atoms with Gasteiger partial charge < -0.3 is 15.4 Å². The van der Waals surface area contributed by atoms with Crippen LogP contribution in [0.15, 0.2) is 48.5 Å². The zero-order chi connectivity index (χ0) is 15.9. The van der Waals surface area contributed by atoms with Gasteiger partial charge in [-0.15, -0.1) is 0 Å². The van der Waals surface area contributed by atoms with Crippen molar-refractivity contribution in [2.24, 2.45) is 0 Å². The Hall–Kier alpha value is -2.82. The number of hydrogen-bond acceptors (Lipinski definition) is 3. The van der Waals surface area contributed by atoms with Crippen molar-refractivity contribution in [3.63, 3.8) is 0 Å². The molecule has 0 atom stereocenters. The lowest BCUT2D eigenvalue weighted by Crippen LogP contribution is -2.12. The number of nitrogens with one attached hydrogen (secondary N) is 2. The fourth-order valence-electron chi connectivity index (χ4n) is 1.91. The van der Waals surface area contributed by atoms with Gasteiger partial charge >= 0.3 is 0 Å². The molecule has 5 heteroatoms. The molecule has 0 heterocycles. The molecule has 0 aliphatic rings. The number of ether oxygens (including phenoxy) is 1. The zero-order valence-corrected chi connectivity index (χ0v) is 12.6. The summed E-state index contributed by atoms with van der Waals surface area (Å²) in [6, 6.07) is 13.9. The molecule has 2 aromatic carbocycles. The van der Waals surface area contributed by atoms with Crippen molar-refractivity contribution in [1.82, 2.24) is 0 Å². The number of carbonyl (C=O) groups is 2. The Bertz CT molecular complexity index is 649. The van der Waals surface area contributed by atoms with Crippen LogP contribution in [-0.2, 0) is 4.79 Å². The summed E-state index contributed by atoms with van der Waals surface area (Å²) in [4.78, 5) is 23.1. The molecule has 0 unspecified atom stereocenters. The van der Waals surface area contributed by atoms with Crippen molar-refractivity contribution >= 4 is 23.2 Å².